The SMILES string of the molecule is CO[C@@H]1C(=O)CC[C@]2(O)CS(=O)[C@@H](CC=C(C)C)[C@](C)(O)[C@@]12O. The van der Waals surface area contributed by atoms with Gasteiger partial charge in [0.1, 0.15) is 17.3 Å². The van der Waals surface area contributed by atoms with E-state index in [-0.39, 0.29) is 30.8 Å². The van der Waals surface area contributed by atoms with E-state index in [9.17, 15) is 24.3 Å². The standard InChI is InChI=1S/C16H26O6S/c1-10(2)5-6-12-14(3,18)16(20)13(22-4)11(17)7-8-15(16,19)9-23(12)21/h5,12-13,18-20H,6-9H2,1-4H3/t12-,13+,14-,15-,16-,23?/m0/s1. The Bertz CT molecular complexity index is 553. The summed E-state index contributed by atoms with van der Waals surface area (Å²) in [6, 6.07) is 0. The first-order valence-electron chi connectivity index (χ1n) is 7.74. The molecule has 0 bridgehead atoms. The van der Waals surface area contributed by atoms with Crippen LogP contribution < -0.4 is 0 Å². The molecule has 1 unspecified atom stereocenters. The first-order chi connectivity index (χ1) is 10.5. The second-order valence-corrected chi connectivity index (χ2v) is 8.68. The van der Waals surface area contributed by atoms with Gasteiger partial charge >= 0.3 is 0 Å². The van der Waals surface area contributed by atoms with Crippen molar-refractivity contribution >= 4 is 16.6 Å². The smallest absolute Gasteiger partial charge is 0.164 e. The van der Waals surface area contributed by atoms with Gasteiger partial charge in [-0.25, -0.2) is 0 Å². The number of hydrogen-bond acceptors (Lipinski definition) is 6. The number of hydrogen-bond donors (Lipinski definition) is 3. The minimum atomic E-state index is -2.20. The summed E-state index contributed by atoms with van der Waals surface area (Å²) in [5.74, 6) is -0.553. The van der Waals surface area contributed by atoms with E-state index in [0.717, 1.165) is 5.57 Å². The fourth-order valence-electron chi connectivity index (χ4n) is 3.87. The molecule has 1 heterocycles. The molecule has 1 aliphatic heterocycles. The number of carbonyl (C=O) groups excluding carboxylic acids is 1. The number of carbonyl (C=O) groups is 1. The van der Waals surface area contributed by atoms with Crippen molar-refractivity contribution in [3.63, 3.8) is 0 Å². The van der Waals surface area contributed by atoms with Gasteiger partial charge in [-0.3, -0.25) is 9.00 Å². The van der Waals surface area contributed by atoms with Gasteiger partial charge in [-0.15, -0.1) is 0 Å². The Morgan fingerprint density at radius 3 is 2.52 bits per heavy atom. The van der Waals surface area contributed by atoms with E-state index in [2.05, 4.69) is 0 Å². The highest BCUT2D eigenvalue weighted by Gasteiger charge is 2.73. The summed E-state index contributed by atoms with van der Waals surface area (Å²) < 4.78 is 17.8. The molecule has 0 aromatic rings. The molecule has 0 aromatic heterocycles. The van der Waals surface area contributed by atoms with Crippen LogP contribution in [0.15, 0.2) is 11.6 Å². The Balaban J connectivity index is 2.55. The Kier molecular flexibility index (Phi) is 4.92. The third kappa shape index (κ3) is 2.62. The predicted molar refractivity (Wildman–Crippen MR) is 86.4 cm³/mol. The zero-order valence-electron chi connectivity index (χ0n) is 14.0. The molecule has 2 fully saturated rings. The van der Waals surface area contributed by atoms with E-state index >= 15 is 0 Å². The maximum absolute atomic E-state index is 12.6. The summed E-state index contributed by atoms with van der Waals surface area (Å²) in [5.41, 5.74) is -4.96. The highest BCUT2D eigenvalue weighted by atomic mass is 32.2. The van der Waals surface area contributed by atoms with Crippen LogP contribution in [0.1, 0.15) is 40.0 Å². The van der Waals surface area contributed by atoms with Crippen LogP contribution in [0, 0.1) is 0 Å². The molecular formula is C16H26O6S. The molecule has 0 spiro atoms. The second-order valence-electron chi connectivity index (χ2n) is 7.06. The molecule has 6 atom stereocenters. The predicted octanol–water partition coefficient (Wildman–Crippen LogP) is 0.0647. The van der Waals surface area contributed by atoms with Crippen molar-refractivity contribution in [3.05, 3.63) is 11.6 Å². The minimum absolute atomic E-state index is 0.0171. The first-order valence-corrected chi connectivity index (χ1v) is 9.12. The monoisotopic (exact) mass is 346 g/mol. The van der Waals surface area contributed by atoms with Gasteiger partial charge in [0.05, 0.1) is 11.0 Å². The van der Waals surface area contributed by atoms with Crippen molar-refractivity contribution in [3.8, 4) is 0 Å². The van der Waals surface area contributed by atoms with Gasteiger partial charge in [-0.05, 0) is 33.6 Å². The van der Waals surface area contributed by atoms with Crippen LogP contribution in [0.2, 0.25) is 0 Å². The van der Waals surface area contributed by atoms with Crippen molar-refractivity contribution in [2.75, 3.05) is 12.9 Å². The fourth-order valence-corrected chi connectivity index (χ4v) is 5.90. The first kappa shape index (κ1) is 18.7. The summed E-state index contributed by atoms with van der Waals surface area (Å²) in [6.45, 7) is 5.10. The molecular weight excluding hydrogens is 320 g/mol. The van der Waals surface area contributed by atoms with E-state index in [1.807, 2.05) is 19.9 Å². The molecule has 0 amide bonds. The average Bonchev–Trinajstić information content (AvgIpc) is 2.42. The Morgan fingerprint density at radius 1 is 1.39 bits per heavy atom. The molecule has 1 aliphatic carbocycles. The highest BCUT2D eigenvalue weighted by molar-refractivity contribution is 7.85. The Hall–Kier alpha value is -0.600. The summed E-state index contributed by atoms with van der Waals surface area (Å²) in [6.07, 6.45) is 0.743. The van der Waals surface area contributed by atoms with Crippen LogP contribution in [0.4, 0.5) is 0 Å². The molecule has 2 rings (SSSR count). The molecule has 0 radical (unpaired) electrons. The maximum Gasteiger partial charge on any atom is 0.164 e. The largest absolute Gasteiger partial charge is 0.386 e. The van der Waals surface area contributed by atoms with Crippen molar-refractivity contribution < 1.29 is 29.1 Å². The van der Waals surface area contributed by atoms with Crippen molar-refractivity contribution in [1.82, 2.24) is 0 Å². The molecule has 23 heavy (non-hydrogen) atoms. The summed E-state index contributed by atoms with van der Waals surface area (Å²) in [7, 11) is -0.284. The lowest BCUT2D eigenvalue weighted by Gasteiger charge is -2.60. The summed E-state index contributed by atoms with van der Waals surface area (Å²) in [5, 5.41) is 32.5. The van der Waals surface area contributed by atoms with Crippen molar-refractivity contribution in [2.45, 2.75) is 68.2 Å². The molecule has 2 aliphatic rings. The molecule has 1 saturated heterocycles. The van der Waals surface area contributed by atoms with Crippen LogP contribution in [0.25, 0.3) is 0 Å². The number of allylic oxidation sites excluding steroid dienone is 2. The van der Waals surface area contributed by atoms with Gasteiger partial charge in [0, 0.05) is 24.3 Å². The zero-order valence-corrected chi connectivity index (χ0v) is 14.9. The topological polar surface area (TPSA) is 104 Å². The normalized spacial score (nSPS) is 47.1. The van der Waals surface area contributed by atoms with Crippen molar-refractivity contribution in [2.24, 2.45) is 0 Å². The molecule has 132 valence electrons. The number of ether oxygens (including phenoxy) is 1. The highest BCUT2D eigenvalue weighted by Crippen LogP contribution is 2.51. The molecule has 1 saturated carbocycles. The van der Waals surface area contributed by atoms with Gasteiger partial charge < -0.3 is 20.1 Å². The number of rotatable bonds is 3. The van der Waals surface area contributed by atoms with Crippen LogP contribution in [0.5, 0.6) is 0 Å². The fraction of sp³-hybridized carbons (Fsp3) is 0.812. The van der Waals surface area contributed by atoms with E-state index in [4.69, 9.17) is 4.74 Å². The third-order valence-corrected chi connectivity index (χ3v) is 7.29. The van der Waals surface area contributed by atoms with Crippen LogP contribution >= 0.6 is 0 Å². The second kappa shape index (κ2) is 6.04. The lowest BCUT2D eigenvalue weighted by molar-refractivity contribution is -0.285. The van der Waals surface area contributed by atoms with Gasteiger partial charge in [0.25, 0.3) is 0 Å². The van der Waals surface area contributed by atoms with Gasteiger partial charge in [0.15, 0.2) is 11.4 Å². The zero-order chi connectivity index (χ0) is 17.6. The number of Topliss-reactive ketones (excluding diaryl/α,β-unsaturated/α-hetero) is 1. The molecule has 0 aromatic carbocycles. The summed E-state index contributed by atoms with van der Waals surface area (Å²) in [4.78, 5) is 12.2. The molecule has 3 N–H and O–H groups in total. The van der Waals surface area contributed by atoms with E-state index in [1.165, 1.54) is 14.0 Å². The Labute approximate surface area is 139 Å². The number of ketones is 1. The van der Waals surface area contributed by atoms with E-state index < -0.39 is 39.0 Å². The minimum Gasteiger partial charge on any atom is -0.386 e. The molecule has 6 nitrogen and oxygen atoms in total. The van der Waals surface area contributed by atoms with E-state index in [1.54, 1.807) is 0 Å². The average molecular weight is 346 g/mol. The number of methoxy groups -OCH3 is 1. The van der Waals surface area contributed by atoms with Crippen LogP contribution in [0.3, 0.4) is 0 Å². The quantitative estimate of drug-likeness (QED) is 0.625. The molecule has 7 heteroatoms. The van der Waals surface area contributed by atoms with Crippen LogP contribution in [-0.4, -0.2) is 66.3 Å². The van der Waals surface area contributed by atoms with E-state index in [0.29, 0.717) is 0 Å². The maximum atomic E-state index is 12.6. The lowest BCUT2D eigenvalue weighted by Crippen LogP contribution is -2.83. The number of fused-ring (bicyclic) bond motifs is 1. The van der Waals surface area contributed by atoms with Crippen LogP contribution in [-0.2, 0) is 20.3 Å². The number of aliphatic hydroxyl groups is 3. The van der Waals surface area contributed by atoms with Gasteiger partial charge in [-0.1, -0.05) is 11.6 Å². The lowest BCUT2D eigenvalue weighted by atomic mass is 9.60. The third-order valence-electron chi connectivity index (χ3n) is 5.24. The van der Waals surface area contributed by atoms with Gasteiger partial charge in [-0.2, -0.15) is 0 Å². The summed E-state index contributed by atoms with van der Waals surface area (Å²) >= 11 is 0. The Morgan fingerprint density at radius 2 is 2.00 bits per heavy atom. The van der Waals surface area contributed by atoms with Crippen molar-refractivity contribution in [1.29, 1.82) is 0 Å². The van der Waals surface area contributed by atoms with Gasteiger partial charge in [0.2, 0.25) is 0 Å².